The van der Waals surface area contributed by atoms with Gasteiger partial charge in [-0.25, -0.2) is 4.98 Å². The van der Waals surface area contributed by atoms with Crippen LogP contribution in [0, 0.1) is 12.8 Å². The van der Waals surface area contributed by atoms with Gasteiger partial charge in [-0.05, 0) is 51.3 Å². The Hall–Kier alpha value is -1.65. The number of benzene rings is 1. The van der Waals surface area contributed by atoms with E-state index < -0.39 is 0 Å². The summed E-state index contributed by atoms with van der Waals surface area (Å²) in [4.78, 5) is 12.8. The van der Waals surface area contributed by atoms with Gasteiger partial charge >= 0.3 is 0 Å². The van der Waals surface area contributed by atoms with E-state index >= 15 is 0 Å². The summed E-state index contributed by atoms with van der Waals surface area (Å²) in [5.41, 5.74) is 3.80. The minimum Gasteiger partial charge on any atom is -0.348 e. The lowest BCUT2D eigenvalue weighted by Crippen LogP contribution is -2.39. The number of nitrogens with one attached hydrogen (secondary N) is 1. The monoisotopic (exact) mass is 326 g/mol. The molecule has 2 aromatic rings. The summed E-state index contributed by atoms with van der Waals surface area (Å²) in [5.74, 6) is 0.777. The molecule has 1 aromatic carbocycles. The highest BCUT2D eigenvalue weighted by Gasteiger charge is 2.21. The number of imidazole rings is 1. The zero-order chi connectivity index (χ0) is 16.8. The van der Waals surface area contributed by atoms with Crippen LogP contribution in [0.1, 0.15) is 29.8 Å². The van der Waals surface area contributed by atoms with Crippen LogP contribution in [0.4, 0.5) is 0 Å². The number of aromatic amines is 1. The molecule has 4 nitrogen and oxygen atoms in total. The summed E-state index contributed by atoms with van der Waals surface area (Å²) in [6.45, 7) is 7.80. The van der Waals surface area contributed by atoms with E-state index in [0.29, 0.717) is 0 Å². The summed E-state index contributed by atoms with van der Waals surface area (Å²) < 4.78 is 0. The fraction of sp³-hybridized carbons (Fsp3) is 0.550. The number of likely N-dealkylation sites (tertiary alicyclic amines) is 1. The van der Waals surface area contributed by atoms with E-state index in [9.17, 15) is 0 Å². The van der Waals surface area contributed by atoms with Gasteiger partial charge < -0.3 is 9.88 Å². The van der Waals surface area contributed by atoms with E-state index in [0.717, 1.165) is 25.4 Å². The Morgan fingerprint density at radius 3 is 2.83 bits per heavy atom. The first-order valence-corrected chi connectivity index (χ1v) is 9.14. The largest absolute Gasteiger partial charge is 0.348 e. The molecule has 1 aliphatic rings. The minimum atomic E-state index is 0.777. The lowest BCUT2D eigenvalue weighted by Gasteiger charge is -2.33. The maximum absolute atomic E-state index is 4.51. The smallest absolute Gasteiger partial charge is 0.0925 e. The quantitative estimate of drug-likeness (QED) is 0.849. The van der Waals surface area contributed by atoms with E-state index in [1.54, 1.807) is 0 Å². The summed E-state index contributed by atoms with van der Waals surface area (Å²) >= 11 is 0. The lowest BCUT2D eigenvalue weighted by molar-refractivity contribution is 0.147. The number of nitrogens with zero attached hydrogens (tertiary/aromatic N) is 3. The third kappa shape index (κ3) is 4.92. The van der Waals surface area contributed by atoms with Crippen molar-refractivity contribution in [1.82, 2.24) is 19.8 Å². The van der Waals surface area contributed by atoms with Gasteiger partial charge in [0.25, 0.3) is 0 Å². The van der Waals surface area contributed by atoms with Gasteiger partial charge in [-0.3, -0.25) is 4.90 Å². The van der Waals surface area contributed by atoms with Crippen LogP contribution in [0.25, 0.3) is 0 Å². The van der Waals surface area contributed by atoms with Crippen molar-refractivity contribution in [1.29, 1.82) is 0 Å². The first kappa shape index (κ1) is 17.2. The van der Waals surface area contributed by atoms with Crippen LogP contribution < -0.4 is 0 Å². The van der Waals surface area contributed by atoms with Crippen LogP contribution in [-0.4, -0.2) is 53.0 Å². The molecule has 1 aliphatic heterocycles. The van der Waals surface area contributed by atoms with E-state index in [4.69, 9.17) is 0 Å². The molecule has 1 saturated heterocycles. The number of H-pyrrole nitrogens is 1. The Morgan fingerprint density at radius 2 is 2.12 bits per heavy atom. The number of aromatic nitrogens is 2. The summed E-state index contributed by atoms with van der Waals surface area (Å²) in [5, 5.41) is 0. The fourth-order valence-corrected chi connectivity index (χ4v) is 3.71. The fourth-order valence-electron chi connectivity index (χ4n) is 3.71. The SMILES string of the molecule is Cc1[nH]cnc1CN(CCc1ccccc1)CC1CCCN(C)C1. The molecule has 1 unspecified atom stereocenters. The highest BCUT2D eigenvalue weighted by Crippen LogP contribution is 2.18. The van der Waals surface area contributed by atoms with Crippen molar-refractivity contribution in [3.05, 3.63) is 53.6 Å². The lowest BCUT2D eigenvalue weighted by atomic mass is 9.97. The average Bonchev–Trinajstić information content (AvgIpc) is 2.99. The molecular formula is C20H30N4. The second kappa shape index (κ2) is 8.45. The van der Waals surface area contributed by atoms with Gasteiger partial charge in [0.15, 0.2) is 0 Å². The molecule has 130 valence electrons. The highest BCUT2D eigenvalue weighted by atomic mass is 15.2. The van der Waals surface area contributed by atoms with Crippen LogP contribution in [-0.2, 0) is 13.0 Å². The zero-order valence-corrected chi connectivity index (χ0v) is 15.0. The van der Waals surface area contributed by atoms with Gasteiger partial charge in [0.05, 0.1) is 12.0 Å². The van der Waals surface area contributed by atoms with Crippen LogP contribution in [0.3, 0.4) is 0 Å². The molecule has 0 aliphatic carbocycles. The molecule has 0 bridgehead atoms. The number of hydrogen-bond donors (Lipinski definition) is 1. The Bertz CT molecular complexity index is 607. The maximum Gasteiger partial charge on any atom is 0.0925 e. The second-order valence-corrected chi connectivity index (χ2v) is 7.22. The molecule has 4 heteroatoms. The van der Waals surface area contributed by atoms with Gasteiger partial charge in [-0.15, -0.1) is 0 Å². The first-order valence-electron chi connectivity index (χ1n) is 9.14. The average molecular weight is 326 g/mol. The minimum absolute atomic E-state index is 0.777. The van der Waals surface area contributed by atoms with E-state index in [-0.39, 0.29) is 0 Å². The predicted octanol–water partition coefficient (Wildman–Crippen LogP) is 3.10. The van der Waals surface area contributed by atoms with E-state index in [1.807, 2.05) is 6.33 Å². The summed E-state index contributed by atoms with van der Waals surface area (Å²) in [6, 6.07) is 10.8. The van der Waals surface area contributed by atoms with Gasteiger partial charge in [0.2, 0.25) is 0 Å². The van der Waals surface area contributed by atoms with Crippen molar-refractivity contribution in [2.75, 3.05) is 33.2 Å². The number of aryl methyl sites for hydroxylation is 1. The first-order chi connectivity index (χ1) is 11.7. The summed E-state index contributed by atoms with van der Waals surface area (Å²) in [6.07, 6.45) is 5.60. The predicted molar refractivity (Wildman–Crippen MR) is 99.0 cm³/mol. The molecule has 3 rings (SSSR count). The normalized spacial score (nSPS) is 19.0. The molecular weight excluding hydrogens is 296 g/mol. The second-order valence-electron chi connectivity index (χ2n) is 7.22. The Kier molecular flexibility index (Phi) is 6.05. The topological polar surface area (TPSA) is 35.2 Å². The number of rotatable bonds is 7. The molecule has 0 saturated carbocycles. The molecule has 2 heterocycles. The van der Waals surface area contributed by atoms with Gasteiger partial charge in [0.1, 0.15) is 0 Å². The van der Waals surface area contributed by atoms with Crippen LogP contribution >= 0.6 is 0 Å². The standard InChI is InChI=1S/C20H30N4/c1-17-20(22-16-21-17)15-24(12-10-18-7-4-3-5-8-18)14-19-9-6-11-23(2)13-19/h3-5,7-8,16,19H,6,9-15H2,1-2H3,(H,21,22). The van der Waals surface area contributed by atoms with Crippen molar-refractivity contribution >= 4 is 0 Å². The Labute approximate surface area is 145 Å². The van der Waals surface area contributed by atoms with Crippen LogP contribution in [0.2, 0.25) is 0 Å². The molecule has 1 fully saturated rings. The van der Waals surface area contributed by atoms with Gasteiger partial charge in [-0.1, -0.05) is 30.3 Å². The molecule has 0 spiro atoms. The Balaban J connectivity index is 1.62. The van der Waals surface area contributed by atoms with Crippen LogP contribution in [0.15, 0.2) is 36.7 Å². The van der Waals surface area contributed by atoms with Crippen molar-refractivity contribution in [3.63, 3.8) is 0 Å². The highest BCUT2D eigenvalue weighted by molar-refractivity contribution is 5.15. The number of hydrogen-bond acceptors (Lipinski definition) is 3. The van der Waals surface area contributed by atoms with Crippen molar-refractivity contribution in [2.45, 2.75) is 32.7 Å². The molecule has 0 amide bonds. The molecule has 0 radical (unpaired) electrons. The molecule has 1 N–H and O–H groups in total. The summed E-state index contributed by atoms with van der Waals surface area (Å²) in [7, 11) is 2.25. The van der Waals surface area contributed by atoms with E-state index in [1.165, 1.54) is 49.4 Å². The van der Waals surface area contributed by atoms with Crippen LogP contribution in [0.5, 0.6) is 0 Å². The maximum atomic E-state index is 4.51. The molecule has 1 aromatic heterocycles. The third-order valence-electron chi connectivity index (χ3n) is 5.11. The number of piperidine rings is 1. The van der Waals surface area contributed by atoms with Crippen molar-refractivity contribution < 1.29 is 0 Å². The molecule has 1 atom stereocenters. The molecule has 24 heavy (non-hydrogen) atoms. The van der Waals surface area contributed by atoms with Crippen molar-refractivity contribution in [2.24, 2.45) is 5.92 Å². The zero-order valence-electron chi connectivity index (χ0n) is 15.0. The van der Waals surface area contributed by atoms with E-state index in [2.05, 4.69) is 64.1 Å². The van der Waals surface area contributed by atoms with Crippen molar-refractivity contribution in [3.8, 4) is 0 Å². The third-order valence-corrected chi connectivity index (χ3v) is 5.11. The van der Waals surface area contributed by atoms with Gasteiger partial charge in [-0.2, -0.15) is 0 Å². The Morgan fingerprint density at radius 1 is 1.29 bits per heavy atom. The van der Waals surface area contributed by atoms with Gasteiger partial charge in [0, 0.05) is 31.9 Å².